The van der Waals surface area contributed by atoms with Crippen LogP contribution in [0.2, 0.25) is 0 Å². The molecule has 0 saturated carbocycles. The smallest absolute Gasteiger partial charge is 0.0671 e. The molecular weight excluding hydrogens is 114 g/mol. The maximum Gasteiger partial charge on any atom is 0.0671 e. The molecule has 1 aliphatic rings. The molecule has 0 unspecified atom stereocenters. The van der Waals surface area contributed by atoms with Crippen LogP contribution >= 0.6 is 0 Å². The van der Waals surface area contributed by atoms with Crippen molar-refractivity contribution in [2.45, 2.75) is 20.0 Å². The topological polar surface area (TPSA) is 21.3 Å². The average Bonchev–Trinajstić information content (AvgIpc) is 1.97. The molecule has 0 amide bonds. The van der Waals surface area contributed by atoms with Gasteiger partial charge in [0, 0.05) is 6.54 Å². The van der Waals surface area contributed by atoms with E-state index >= 15 is 0 Å². The zero-order valence-corrected chi connectivity index (χ0v) is 6.18. The fourth-order valence-electron chi connectivity index (χ4n) is 0.979. The van der Waals surface area contributed by atoms with Crippen LogP contribution in [0.25, 0.3) is 0 Å². The number of nitrogens with one attached hydrogen (secondary N) is 1. The molecule has 1 N–H and O–H groups in total. The SMILES string of the molecule is C[C@H]1CNC[C@@H](C)OC1. The number of hydrogen-bond donors (Lipinski definition) is 1. The molecule has 0 spiro atoms. The Kier molecular flexibility index (Phi) is 2.49. The fourth-order valence-corrected chi connectivity index (χ4v) is 0.979. The summed E-state index contributed by atoms with van der Waals surface area (Å²) in [7, 11) is 0. The van der Waals surface area contributed by atoms with Crippen molar-refractivity contribution in [2.24, 2.45) is 5.92 Å². The van der Waals surface area contributed by atoms with Gasteiger partial charge in [-0.25, -0.2) is 0 Å². The zero-order chi connectivity index (χ0) is 6.69. The molecule has 0 aliphatic carbocycles. The molecule has 2 heteroatoms. The molecule has 1 fully saturated rings. The van der Waals surface area contributed by atoms with Crippen LogP contribution in [-0.2, 0) is 4.74 Å². The molecule has 0 aromatic carbocycles. The average molecular weight is 129 g/mol. The predicted molar refractivity (Wildman–Crippen MR) is 37.4 cm³/mol. The van der Waals surface area contributed by atoms with Crippen molar-refractivity contribution < 1.29 is 4.74 Å². The summed E-state index contributed by atoms with van der Waals surface area (Å²) < 4.78 is 5.45. The number of ether oxygens (including phenoxy) is 1. The molecule has 54 valence electrons. The lowest BCUT2D eigenvalue weighted by Crippen LogP contribution is -2.24. The van der Waals surface area contributed by atoms with E-state index in [0.717, 1.165) is 19.7 Å². The van der Waals surface area contributed by atoms with Gasteiger partial charge in [-0.3, -0.25) is 0 Å². The normalized spacial score (nSPS) is 38.0. The van der Waals surface area contributed by atoms with Crippen molar-refractivity contribution in [3.05, 3.63) is 0 Å². The molecule has 0 aromatic heterocycles. The van der Waals surface area contributed by atoms with E-state index in [0.29, 0.717) is 12.0 Å². The Bertz CT molecular complexity index is 75.0. The summed E-state index contributed by atoms with van der Waals surface area (Å²) in [6, 6.07) is 0. The zero-order valence-electron chi connectivity index (χ0n) is 6.18. The molecule has 9 heavy (non-hydrogen) atoms. The third kappa shape index (κ3) is 2.33. The van der Waals surface area contributed by atoms with E-state index in [-0.39, 0.29) is 0 Å². The van der Waals surface area contributed by atoms with Crippen LogP contribution in [0.3, 0.4) is 0 Å². The van der Waals surface area contributed by atoms with Crippen LogP contribution in [0, 0.1) is 5.92 Å². The van der Waals surface area contributed by atoms with Crippen LogP contribution in [0.15, 0.2) is 0 Å². The van der Waals surface area contributed by atoms with Crippen molar-refractivity contribution >= 4 is 0 Å². The van der Waals surface area contributed by atoms with E-state index in [1.54, 1.807) is 0 Å². The summed E-state index contributed by atoms with van der Waals surface area (Å²) in [4.78, 5) is 0. The molecule has 1 saturated heterocycles. The lowest BCUT2D eigenvalue weighted by molar-refractivity contribution is 0.0642. The van der Waals surface area contributed by atoms with Gasteiger partial charge in [-0.05, 0) is 19.4 Å². The van der Waals surface area contributed by atoms with Crippen molar-refractivity contribution in [1.29, 1.82) is 0 Å². The Morgan fingerprint density at radius 3 is 2.89 bits per heavy atom. The Morgan fingerprint density at radius 2 is 2.11 bits per heavy atom. The van der Waals surface area contributed by atoms with Crippen molar-refractivity contribution in [2.75, 3.05) is 19.7 Å². The molecule has 1 rings (SSSR count). The monoisotopic (exact) mass is 129 g/mol. The van der Waals surface area contributed by atoms with E-state index < -0.39 is 0 Å². The highest BCUT2D eigenvalue weighted by molar-refractivity contribution is 4.64. The Morgan fingerprint density at radius 1 is 1.33 bits per heavy atom. The molecule has 2 atom stereocenters. The third-order valence-electron chi connectivity index (χ3n) is 1.59. The van der Waals surface area contributed by atoms with Gasteiger partial charge >= 0.3 is 0 Å². The molecule has 2 nitrogen and oxygen atoms in total. The molecule has 1 aliphatic heterocycles. The van der Waals surface area contributed by atoms with Crippen LogP contribution in [-0.4, -0.2) is 25.8 Å². The van der Waals surface area contributed by atoms with E-state index in [2.05, 4.69) is 19.2 Å². The lowest BCUT2D eigenvalue weighted by atomic mass is 10.2. The first-order valence-corrected chi connectivity index (χ1v) is 3.61. The highest BCUT2D eigenvalue weighted by Crippen LogP contribution is 2.01. The summed E-state index contributed by atoms with van der Waals surface area (Å²) in [5.74, 6) is 0.676. The van der Waals surface area contributed by atoms with Gasteiger partial charge < -0.3 is 10.1 Å². The fraction of sp³-hybridized carbons (Fsp3) is 1.00. The predicted octanol–water partition coefficient (Wildman–Crippen LogP) is 0.631. The summed E-state index contributed by atoms with van der Waals surface area (Å²) in [5.41, 5.74) is 0. The minimum absolute atomic E-state index is 0.398. The highest BCUT2D eigenvalue weighted by atomic mass is 16.5. The number of hydrogen-bond acceptors (Lipinski definition) is 2. The van der Waals surface area contributed by atoms with Gasteiger partial charge in [0.25, 0.3) is 0 Å². The standard InChI is InChI=1S/C7H15NO/c1-6-3-8-4-7(2)9-5-6/h6-8H,3-5H2,1-2H3/t6-,7+/m0/s1. The highest BCUT2D eigenvalue weighted by Gasteiger charge is 2.10. The van der Waals surface area contributed by atoms with Crippen LogP contribution in [0.1, 0.15) is 13.8 Å². The third-order valence-corrected chi connectivity index (χ3v) is 1.59. The van der Waals surface area contributed by atoms with Gasteiger partial charge in [0.15, 0.2) is 0 Å². The quantitative estimate of drug-likeness (QED) is 0.518. The van der Waals surface area contributed by atoms with Gasteiger partial charge in [0.1, 0.15) is 0 Å². The summed E-state index contributed by atoms with van der Waals surface area (Å²) in [5, 5.41) is 3.32. The molecule has 1 heterocycles. The van der Waals surface area contributed by atoms with E-state index in [1.807, 2.05) is 0 Å². The van der Waals surface area contributed by atoms with Gasteiger partial charge in [-0.2, -0.15) is 0 Å². The van der Waals surface area contributed by atoms with Crippen molar-refractivity contribution in [1.82, 2.24) is 5.32 Å². The second-order valence-corrected chi connectivity index (χ2v) is 2.91. The van der Waals surface area contributed by atoms with E-state index in [9.17, 15) is 0 Å². The molecule has 0 aromatic rings. The Hall–Kier alpha value is -0.0800. The second-order valence-electron chi connectivity index (χ2n) is 2.91. The first-order chi connectivity index (χ1) is 4.29. The van der Waals surface area contributed by atoms with Crippen LogP contribution in [0.4, 0.5) is 0 Å². The van der Waals surface area contributed by atoms with Crippen molar-refractivity contribution in [3.63, 3.8) is 0 Å². The Balaban J connectivity index is 2.25. The summed E-state index contributed by atoms with van der Waals surface area (Å²) in [6.07, 6.45) is 0.398. The van der Waals surface area contributed by atoms with E-state index in [4.69, 9.17) is 4.74 Å². The molecular formula is C7H15NO. The number of rotatable bonds is 0. The lowest BCUT2D eigenvalue weighted by Gasteiger charge is -2.07. The minimum atomic E-state index is 0.398. The first-order valence-electron chi connectivity index (χ1n) is 3.61. The molecule has 0 radical (unpaired) electrons. The van der Waals surface area contributed by atoms with Crippen LogP contribution < -0.4 is 5.32 Å². The Labute approximate surface area is 56.6 Å². The van der Waals surface area contributed by atoms with Crippen molar-refractivity contribution in [3.8, 4) is 0 Å². The van der Waals surface area contributed by atoms with Gasteiger partial charge in [0.2, 0.25) is 0 Å². The maximum absolute atomic E-state index is 5.45. The van der Waals surface area contributed by atoms with Gasteiger partial charge in [0.05, 0.1) is 12.7 Å². The van der Waals surface area contributed by atoms with Gasteiger partial charge in [-0.15, -0.1) is 0 Å². The van der Waals surface area contributed by atoms with Crippen LogP contribution in [0.5, 0.6) is 0 Å². The van der Waals surface area contributed by atoms with Gasteiger partial charge in [-0.1, -0.05) is 6.92 Å². The second kappa shape index (κ2) is 3.18. The summed E-state index contributed by atoms with van der Waals surface area (Å²) >= 11 is 0. The largest absolute Gasteiger partial charge is 0.377 e. The summed E-state index contributed by atoms with van der Waals surface area (Å²) in [6.45, 7) is 7.32. The van der Waals surface area contributed by atoms with E-state index in [1.165, 1.54) is 0 Å². The first kappa shape index (κ1) is 7.03. The molecule has 0 bridgehead atoms. The minimum Gasteiger partial charge on any atom is -0.377 e. The maximum atomic E-state index is 5.45.